The fourth-order valence-electron chi connectivity index (χ4n) is 1.54. The van der Waals surface area contributed by atoms with Crippen LogP contribution in [0.1, 0.15) is 10.9 Å². The van der Waals surface area contributed by atoms with Gasteiger partial charge in [0.15, 0.2) is 5.37 Å². The van der Waals surface area contributed by atoms with Crippen LogP contribution in [0.5, 0.6) is 0 Å². The van der Waals surface area contributed by atoms with Gasteiger partial charge < -0.3 is 15.2 Å². The molecule has 1 aromatic rings. The lowest BCUT2D eigenvalue weighted by molar-refractivity contribution is -0.665. The van der Waals surface area contributed by atoms with Crippen molar-refractivity contribution in [2.24, 2.45) is 0 Å². The van der Waals surface area contributed by atoms with E-state index < -0.39 is 5.97 Å². The van der Waals surface area contributed by atoms with E-state index in [2.05, 4.69) is 0 Å². The number of carboxylic acid groups (broad SMARTS) is 1. The number of carbonyl (C=O) groups is 1. The maximum absolute atomic E-state index is 10.6. The van der Waals surface area contributed by atoms with Crippen LogP contribution in [0.15, 0.2) is 30.3 Å². The quantitative estimate of drug-likeness (QED) is 0.687. The first-order chi connectivity index (χ1) is 6.77. The Morgan fingerprint density at radius 1 is 1.43 bits per heavy atom. The molecular weight excluding hydrogens is 198 g/mol. The average molecular weight is 209 g/mol. The molecule has 0 saturated carbocycles. The summed E-state index contributed by atoms with van der Waals surface area (Å²) in [6, 6.07) is 9.93. The van der Waals surface area contributed by atoms with Gasteiger partial charge in [-0.15, -0.1) is 0 Å². The zero-order valence-corrected chi connectivity index (χ0v) is 8.37. The second-order valence-corrected chi connectivity index (χ2v) is 4.60. The highest BCUT2D eigenvalue weighted by molar-refractivity contribution is 8.00. The Kier molecular flexibility index (Phi) is 2.74. The van der Waals surface area contributed by atoms with Gasteiger partial charge in [-0.3, -0.25) is 0 Å². The van der Waals surface area contributed by atoms with Gasteiger partial charge in [0.1, 0.15) is 0 Å². The molecule has 2 rings (SSSR count). The maximum atomic E-state index is 10.6. The minimum atomic E-state index is -0.954. The van der Waals surface area contributed by atoms with Gasteiger partial charge in [-0.2, -0.15) is 0 Å². The molecule has 0 spiro atoms. The number of nitrogens with two attached hydrogens (primary N) is 1. The van der Waals surface area contributed by atoms with E-state index in [0.29, 0.717) is 6.54 Å². The number of hydrogen-bond acceptors (Lipinski definition) is 3. The van der Waals surface area contributed by atoms with Gasteiger partial charge in [0.05, 0.1) is 17.8 Å². The molecule has 0 radical (unpaired) electrons. The molecule has 74 valence electrons. The number of aliphatic carboxylic acids is 1. The highest BCUT2D eigenvalue weighted by Crippen LogP contribution is 2.29. The summed E-state index contributed by atoms with van der Waals surface area (Å²) >= 11 is 1.45. The third kappa shape index (κ3) is 1.91. The van der Waals surface area contributed by atoms with Crippen molar-refractivity contribution < 1.29 is 15.2 Å². The molecule has 0 unspecified atom stereocenters. The number of quaternary nitrogens is 1. The van der Waals surface area contributed by atoms with Crippen LogP contribution in [0.2, 0.25) is 0 Å². The van der Waals surface area contributed by atoms with Gasteiger partial charge in [0, 0.05) is 5.56 Å². The summed E-state index contributed by atoms with van der Waals surface area (Å²) in [5.41, 5.74) is 1.17. The molecule has 1 fully saturated rings. The molecule has 1 saturated heterocycles. The molecule has 0 aromatic heterocycles. The van der Waals surface area contributed by atoms with Crippen molar-refractivity contribution in [3.63, 3.8) is 0 Å². The molecule has 1 heterocycles. The summed E-state index contributed by atoms with van der Waals surface area (Å²) < 4.78 is 0. The Hall–Kier alpha value is -1.00. The molecular formula is C10H11NO2S. The number of rotatable bonds is 2. The predicted molar refractivity (Wildman–Crippen MR) is 52.4 cm³/mol. The Bertz CT molecular complexity index is 328. The van der Waals surface area contributed by atoms with Crippen LogP contribution in [0.4, 0.5) is 0 Å². The van der Waals surface area contributed by atoms with E-state index in [0.717, 1.165) is 0 Å². The average Bonchev–Trinajstić information content (AvgIpc) is 2.68. The lowest BCUT2D eigenvalue weighted by Gasteiger charge is -2.07. The Morgan fingerprint density at radius 2 is 2.14 bits per heavy atom. The summed E-state index contributed by atoms with van der Waals surface area (Å²) in [5.74, 6) is -0.954. The molecule has 2 atom stereocenters. The summed E-state index contributed by atoms with van der Waals surface area (Å²) in [5, 5.41) is 12.5. The molecule has 1 aliphatic rings. The minimum absolute atomic E-state index is 0.207. The van der Waals surface area contributed by atoms with Crippen LogP contribution < -0.4 is 10.4 Å². The Labute approximate surface area is 86.5 Å². The fourth-order valence-corrected chi connectivity index (χ4v) is 2.77. The zero-order valence-electron chi connectivity index (χ0n) is 7.55. The Balaban J connectivity index is 2.06. The third-order valence-corrected chi connectivity index (χ3v) is 3.74. The SMILES string of the molecule is O=C([O-])[C@@H]1C[NH2+][C@@H](c2ccccc2)S1. The summed E-state index contributed by atoms with van der Waals surface area (Å²) in [6.07, 6.45) is 0. The van der Waals surface area contributed by atoms with Gasteiger partial charge in [-0.1, -0.05) is 42.1 Å². The van der Waals surface area contributed by atoms with Crippen molar-refractivity contribution in [1.82, 2.24) is 0 Å². The van der Waals surface area contributed by atoms with E-state index in [1.165, 1.54) is 17.3 Å². The van der Waals surface area contributed by atoms with Gasteiger partial charge in [0.25, 0.3) is 0 Å². The van der Waals surface area contributed by atoms with Crippen molar-refractivity contribution in [1.29, 1.82) is 0 Å². The van der Waals surface area contributed by atoms with Crippen molar-refractivity contribution >= 4 is 17.7 Å². The van der Waals surface area contributed by atoms with Crippen molar-refractivity contribution in [3.8, 4) is 0 Å². The topological polar surface area (TPSA) is 56.7 Å². The fraction of sp³-hybridized carbons (Fsp3) is 0.300. The molecule has 14 heavy (non-hydrogen) atoms. The van der Waals surface area contributed by atoms with Crippen LogP contribution in [0.3, 0.4) is 0 Å². The summed E-state index contributed by atoms with van der Waals surface area (Å²) in [6.45, 7) is 0.604. The van der Waals surface area contributed by atoms with Crippen molar-refractivity contribution in [3.05, 3.63) is 35.9 Å². The van der Waals surface area contributed by atoms with Gasteiger partial charge >= 0.3 is 0 Å². The molecule has 0 bridgehead atoms. The second kappa shape index (κ2) is 4.02. The van der Waals surface area contributed by atoms with E-state index >= 15 is 0 Å². The predicted octanol–water partition coefficient (Wildman–Crippen LogP) is -0.886. The minimum Gasteiger partial charge on any atom is -0.549 e. The molecule has 2 N–H and O–H groups in total. The molecule has 4 heteroatoms. The first-order valence-corrected chi connectivity index (χ1v) is 5.46. The second-order valence-electron chi connectivity index (χ2n) is 3.25. The normalized spacial score (nSPS) is 26.3. The van der Waals surface area contributed by atoms with Gasteiger partial charge in [0.2, 0.25) is 0 Å². The first-order valence-electron chi connectivity index (χ1n) is 4.52. The Morgan fingerprint density at radius 3 is 2.71 bits per heavy atom. The smallest absolute Gasteiger partial charge is 0.159 e. The number of carboxylic acids is 1. The van der Waals surface area contributed by atoms with Crippen LogP contribution in [0.25, 0.3) is 0 Å². The molecule has 0 aliphatic carbocycles. The number of benzene rings is 1. The lowest BCUT2D eigenvalue weighted by Crippen LogP contribution is -2.82. The van der Waals surface area contributed by atoms with E-state index in [9.17, 15) is 9.90 Å². The van der Waals surface area contributed by atoms with E-state index in [4.69, 9.17) is 0 Å². The summed E-state index contributed by atoms with van der Waals surface area (Å²) in [4.78, 5) is 10.6. The summed E-state index contributed by atoms with van der Waals surface area (Å²) in [7, 11) is 0. The number of hydrogen-bond donors (Lipinski definition) is 1. The van der Waals surface area contributed by atoms with E-state index in [1.807, 2.05) is 35.6 Å². The largest absolute Gasteiger partial charge is 0.549 e. The standard InChI is InChI=1S/C10H11NO2S/c12-10(13)8-6-11-9(14-8)7-4-2-1-3-5-7/h1-5,8-9,11H,6H2,(H,12,13)/t8-,9+/m0/s1. The van der Waals surface area contributed by atoms with Crippen molar-refractivity contribution in [2.45, 2.75) is 10.6 Å². The van der Waals surface area contributed by atoms with Gasteiger partial charge in [-0.25, -0.2) is 0 Å². The zero-order chi connectivity index (χ0) is 9.97. The number of thioether (sulfide) groups is 1. The van der Waals surface area contributed by atoms with Gasteiger partial charge in [-0.05, 0) is 0 Å². The van der Waals surface area contributed by atoms with Crippen LogP contribution >= 0.6 is 11.8 Å². The lowest BCUT2D eigenvalue weighted by atomic mass is 10.2. The van der Waals surface area contributed by atoms with Crippen LogP contribution in [-0.2, 0) is 4.79 Å². The van der Waals surface area contributed by atoms with E-state index in [-0.39, 0.29) is 10.6 Å². The van der Waals surface area contributed by atoms with Crippen molar-refractivity contribution in [2.75, 3.05) is 6.54 Å². The molecule has 3 nitrogen and oxygen atoms in total. The van der Waals surface area contributed by atoms with Crippen LogP contribution in [0, 0.1) is 0 Å². The van der Waals surface area contributed by atoms with Crippen LogP contribution in [-0.4, -0.2) is 17.8 Å². The first kappa shape index (κ1) is 9.55. The third-order valence-electron chi connectivity index (χ3n) is 2.27. The highest BCUT2D eigenvalue weighted by atomic mass is 32.2. The van der Waals surface area contributed by atoms with E-state index in [1.54, 1.807) is 0 Å². The molecule has 1 aliphatic heterocycles. The molecule has 1 aromatic carbocycles. The monoisotopic (exact) mass is 209 g/mol. The molecule has 0 amide bonds. The maximum Gasteiger partial charge on any atom is 0.159 e. The highest BCUT2D eigenvalue weighted by Gasteiger charge is 2.30. The number of carbonyl (C=O) groups excluding carboxylic acids is 1.